The molecule has 0 aliphatic carbocycles. The predicted octanol–water partition coefficient (Wildman–Crippen LogP) is 1.12. The van der Waals surface area contributed by atoms with Crippen LogP contribution >= 0.6 is 11.3 Å². The highest BCUT2D eigenvalue weighted by molar-refractivity contribution is 7.15. The molecule has 106 valence electrons. The zero-order valence-electron chi connectivity index (χ0n) is 11.0. The van der Waals surface area contributed by atoms with Crippen LogP contribution in [0.4, 0.5) is 0 Å². The maximum Gasteiger partial charge on any atom is 0.308 e. The van der Waals surface area contributed by atoms with E-state index in [4.69, 9.17) is 5.11 Å². The number of carbonyl (C=O) groups excluding carboxylic acids is 1. The van der Waals surface area contributed by atoms with Crippen molar-refractivity contribution in [3.05, 3.63) is 23.5 Å². The summed E-state index contributed by atoms with van der Waals surface area (Å²) in [6.45, 7) is 2.71. The van der Waals surface area contributed by atoms with Crippen molar-refractivity contribution >= 4 is 28.2 Å². The topological polar surface area (TPSA) is 74.9 Å². The van der Waals surface area contributed by atoms with Gasteiger partial charge in [0, 0.05) is 36.6 Å². The fourth-order valence-corrected chi connectivity index (χ4v) is 3.51. The van der Waals surface area contributed by atoms with Gasteiger partial charge in [-0.1, -0.05) is 6.92 Å². The summed E-state index contributed by atoms with van der Waals surface area (Å²) in [6, 6.07) is 0. The summed E-state index contributed by atoms with van der Waals surface area (Å²) in [5.74, 6) is -1.28. The number of aromatic nitrogens is 2. The molecule has 7 heteroatoms. The highest BCUT2D eigenvalue weighted by Gasteiger charge is 2.36. The average Bonchev–Trinajstić information content (AvgIpc) is 3.05. The second kappa shape index (κ2) is 4.90. The number of aliphatic carboxylic acids is 1. The van der Waals surface area contributed by atoms with E-state index in [2.05, 4.69) is 4.98 Å². The predicted molar refractivity (Wildman–Crippen MR) is 73.6 cm³/mol. The van der Waals surface area contributed by atoms with E-state index in [0.717, 1.165) is 10.7 Å². The molecule has 1 aliphatic rings. The highest BCUT2D eigenvalue weighted by Crippen LogP contribution is 2.24. The second-order valence-corrected chi connectivity index (χ2v) is 6.04. The molecule has 0 spiro atoms. The molecule has 0 saturated carbocycles. The van der Waals surface area contributed by atoms with E-state index in [0.29, 0.717) is 13.1 Å². The Bertz CT molecular complexity index is 663. The minimum atomic E-state index is -0.819. The van der Waals surface area contributed by atoms with Crippen LogP contribution in [-0.2, 0) is 16.0 Å². The number of hydrogen-bond acceptors (Lipinski definition) is 4. The molecule has 1 N–H and O–H groups in total. The van der Waals surface area contributed by atoms with Gasteiger partial charge < -0.3 is 10.0 Å². The summed E-state index contributed by atoms with van der Waals surface area (Å²) >= 11 is 1.50. The summed E-state index contributed by atoms with van der Waals surface area (Å²) in [7, 11) is 0. The Balaban J connectivity index is 1.71. The Hall–Kier alpha value is -1.89. The van der Waals surface area contributed by atoms with E-state index in [9.17, 15) is 9.59 Å². The molecule has 20 heavy (non-hydrogen) atoms. The zero-order valence-corrected chi connectivity index (χ0v) is 11.8. The van der Waals surface area contributed by atoms with Gasteiger partial charge in [-0.05, 0) is 5.92 Å². The van der Waals surface area contributed by atoms with Crippen LogP contribution in [-0.4, -0.2) is 44.4 Å². The fraction of sp³-hybridized carbons (Fsp3) is 0.462. The first-order valence-corrected chi connectivity index (χ1v) is 7.34. The van der Waals surface area contributed by atoms with Gasteiger partial charge in [0.1, 0.15) is 0 Å². The van der Waals surface area contributed by atoms with Crippen LogP contribution in [0, 0.1) is 11.8 Å². The number of fused-ring (bicyclic) bond motifs is 1. The van der Waals surface area contributed by atoms with Crippen molar-refractivity contribution in [2.75, 3.05) is 13.1 Å². The van der Waals surface area contributed by atoms with Crippen LogP contribution in [0.5, 0.6) is 0 Å². The molecular formula is C13H15N3O3S. The van der Waals surface area contributed by atoms with Crippen LogP contribution in [0.15, 0.2) is 17.8 Å². The van der Waals surface area contributed by atoms with E-state index < -0.39 is 11.9 Å². The van der Waals surface area contributed by atoms with Gasteiger partial charge in [-0.15, -0.1) is 11.3 Å². The Morgan fingerprint density at radius 1 is 1.50 bits per heavy atom. The number of hydrogen-bond donors (Lipinski definition) is 1. The molecular weight excluding hydrogens is 278 g/mol. The molecule has 2 aromatic rings. The average molecular weight is 293 g/mol. The Morgan fingerprint density at radius 2 is 2.30 bits per heavy atom. The van der Waals surface area contributed by atoms with Crippen molar-refractivity contribution in [3.8, 4) is 0 Å². The molecule has 2 aromatic heterocycles. The quantitative estimate of drug-likeness (QED) is 0.920. The zero-order chi connectivity index (χ0) is 14.3. The third kappa shape index (κ3) is 2.18. The number of likely N-dealkylation sites (tertiary alicyclic amines) is 1. The lowest BCUT2D eigenvalue weighted by Crippen LogP contribution is -2.31. The lowest BCUT2D eigenvalue weighted by molar-refractivity contribution is -0.142. The first kappa shape index (κ1) is 13.1. The van der Waals surface area contributed by atoms with Crippen molar-refractivity contribution in [2.24, 2.45) is 11.8 Å². The lowest BCUT2D eigenvalue weighted by atomic mass is 9.99. The summed E-state index contributed by atoms with van der Waals surface area (Å²) in [5.41, 5.74) is 0.902. The smallest absolute Gasteiger partial charge is 0.308 e. The molecule has 0 aromatic carbocycles. The number of carboxylic acid groups (broad SMARTS) is 1. The maximum absolute atomic E-state index is 12.3. The summed E-state index contributed by atoms with van der Waals surface area (Å²) in [5, 5.41) is 11.0. The Labute approximate surface area is 119 Å². The van der Waals surface area contributed by atoms with Crippen molar-refractivity contribution in [1.82, 2.24) is 14.3 Å². The molecule has 6 nitrogen and oxygen atoms in total. The standard InChI is InChI=1S/C13H15N3O3S/c1-8-5-15(6-10(8)12(18)19)11(17)4-9-7-20-13-14-2-3-16(9)13/h2-3,7-8,10H,4-6H2,1H3,(H,18,19)/t8-,10-/m1/s1. The van der Waals surface area contributed by atoms with Gasteiger partial charge in [0.15, 0.2) is 4.96 Å². The van der Waals surface area contributed by atoms with Crippen molar-refractivity contribution < 1.29 is 14.7 Å². The van der Waals surface area contributed by atoms with Crippen LogP contribution in [0.25, 0.3) is 4.96 Å². The summed E-state index contributed by atoms with van der Waals surface area (Å²) in [6.07, 6.45) is 3.83. The maximum atomic E-state index is 12.3. The van der Waals surface area contributed by atoms with Crippen LogP contribution in [0.3, 0.4) is 0 Å². The Kier molecular flexibility index (Phi) is 3.21. The number of nitrogens with zero attached hydrogens (tertiary/aromatic N) is 3. The normalized spacial score (nSPS) is 22.6. The number of carbonyl (C=O) groups is 2. The van der Waals surface area contributed by atoms with E-state index in [1.807, 2.05) is 22.9 Å². The van der Waals surface area contributed by atoms with E-state index in [1.165, 1.54) is 11.3 Å². The lowest BCUT2D eigenvalue weighted by Gasteiger charge is -2.15. The second-order valence-electron chi connectivity index (χ2n) is 5.20. The molecule has 0 bridgehead atoms. The van der Waals surface area contributed by atoms with Gasteiger partial charge in [0.25, 0.3) is 0 Å². The first-order valence-electron chi connectivity index (χ1n) is 6.46. The van der Waals surface area contributed by atoms with E-state index >= 15 is 0 Å². The van der Waals surface area contributed by atoms with Gasteiger partial charge >= 0.3 is 5.97 Å². The molecule has 3 heterocycles. The molecule has 2 atom stereocenters. The molecule has 1 aliphatic heterocycles. The Morgan fingerprint density at radius 3 is 3.00 bits per heavy atom. The van der Waals surface area contributed by atoms with Crippen LogP contribution in [0.2, 0.25) is 0 Å². The number of carboxylic acids is 1. The molecule has 0 unspecified atom stereocenters. The minimum absolute atomic E-state index is 0.00666. The third-order valence-electron chi connectivity index (χ3n) is 3.83. The van der Waals surface area contributed by atoms with Crippen LogP contribution in [0.1, 0.15) is 12.6 Å². The van der Waals surface area contributed by atoms with Gasteiger partial charge in [0.2, 0.25) is 5.91 Å². The first-order chi connectivity index (χ1) is 9.56. The van der Waals surface area contributed by atoms with Crippen molar-refractivity contribution in [2.45, 2.75) is 13.3 Å². The molecule has 1 fully saturated rings. The molecule has 0 radical (unpaired) electrons. The van der Waals surface area contributed by atoms with Crippen LogP contribution < -0.4 is 0 Å². The third-order valence-corrected chi connectivity index (χ3v) is 4.73. The SMILES string of the molecule is C[C@@H]1CN(C(=O)Cc2csc3nccn23)C[C@H]1C(=O)O. The number of imidazole rings is 1. The number of thiazole rings is 1. The molecule has 3 rings (SSSR count). The number of rotatable bonds is 3. The summed E-state index contributed by atoms with van der Waals surface area (Å²) in [4.78, 5) is 30.1. The van der Waals surface area contributed by atoms with E-state index in [-0.39, 0.29) is 18.2 Å². The summed E-state index contributed by atoms with van der Waals surface area (Å²) < 4.78 is 1.90. The fourth-order valence-electron chi connectivity index (χ4n) is 2.66. The van der Waals surface area contributed by atoms with Gasteiger partial charge in [-0.3, -0.25) is 14.0 Å². The van der Waals surface area contributed by atoms with Crippen molar-refractivity contribution in [3.63, 3.8) is 0 Å². The van der Waals surface area contributed by atoms with Gasteiger partial charge in [0.05, 0.1) is 12.3 Å². The van der Waals surface area contributed by atoms with E-state index in [1.54, 1.807) is 11.1 Å². The molecule has 1 saturated heterocycles. The monoisotopic (exact) mass is 293 g/mol. The van der Waals surface area contributed by atoms with Crippen molar-refractivity contribution in [1.29, 1.82) is 0 Å². The largest absolute Gasteiger partial charge is 0.481 e. The van der Waals surface area contributed by atoms with Gasteiger partial charge in [-0.25, -0.2) is 4.98 Å². The minimum Gasteiger partial charge on any atom is -0.481 e. The van der Waals surface area contributed by atoms with Gasteiger partial charge in [-0.2, -0.15) is 0 Å². The number of amides is 1. The highest BCUT2D eigenvalue weighted by atomic mass is 32.1. The molecule has 1 amide bonds.